The van der Waals surface area contributed by atoms with E-state index in [2.05, 4.69) is 10.5 Å². The van der Waals surface area contributed by atoms with Gasteiger partial charge in [0.05, 0.1) is 10.9 Å². The third-order valence-electron chi connectivity index (χ3n) is 6.84. The first-order valence-electron chi connectivity index (χ1n) is 10.7. The molecule has 2 fully saturated rings. The van der Waals surface area contributed by atoms with Crippen LogP contribution in [-0.2, 0) is 11.0 Å². The highest BCUT2D eigenvalue weighted by Crippen LogP contribution is 2.54. The molecular weight excluding hydrogens is 419 g/mol. The predicted molar refractivity (Wildman–Crippen MR) is 115 cm³/mol. The smallest absolute Gasteiger partial charge is 0.274 e. The van der Waals surface area contributed by atoms with E-state index in [1.165, 1.54) is 31.9 Å². The van der Waals surface area contributed by atoms with E-state index in [0.29, 0.717) is 39.8 Å². The van der Waals surface area contributed by atoms with Gasteiger partial charge in [0.1, 0.15) is 5.69 Å². The highest BCUT2D eigenvalue weighted by atomic mass is 19.4. The van der Waals surface area contributed by atoms with Gasteiger partial charge >= 0.3 is 6.18 Å². The number of aromatic nitrogens is 2. The van der Waals surface area contributed by atoms with Gasteiger partial charge in [-0.05, 0) is 60.8 Å². The van der Waals surface area contributed by atoms with Crippen LogP contribution >= 0.6 is 0 Å². The number of carbonyl (C=O) groups excluding carboxylic acids is 1. The molecule has 8 heteroatoms. The van der Waals surface area contributed by atoms with Crippen LogP contribution in [0.4, 0.5) is 13.2 Å². The number of amides is 1. The number of halogens is 3. The van der Waals surface area contributed by atoms with Crippen LogP contribution < -0.4 is 11.0 Å². The molecule has 0 saturated heterocycles. The first-order chi connectivity index (χ1) is 15.2. The minimum absolute atomic E-state index is 0.295. The number of rotatable bonds is 3. The Kier molecular flexibility index (Phi) is 4.83. The van der Waals surface area contributed by atoms with Crippen molar-refractivity contribution in [3.05, 3.63) is 63.9 Å². The fourth-order valence-corrected chi connectivity index (χ4v) is 5.50. The van der Waals surface area contributed by atoms with Crippen LogP contribution in [0, 0.1) is 11.8 Å². The average molecular weight is 441 g/mol. The molecule has 5 nitrogen and oxygen atoms in total. The van der Waals surface area contributed by atoms with E-state index in [9.17, 15) is 22.8 Å². The van der Waals surface area contributed by atoms with Crippen LogP contribution in [0.5, 0.6) is 0 Å². The summed E-state index contributed by atoms with van der Waals surface area (Å²) in [6.07, 6.45) is 0.151. The van der Waals surface area contributed by atoms with Gasteiger partial charge in [-0.3, -0.25) is 9.59 Å². The number of fused-ring (bicyclic) bond motifs is 3. The standard InChI is InChI=1S/C24H22F3N3O2/c1-13(31)28-30-23(32)19-4-2-3-18(20-12-14-5-6-16(20)11-14)21(19)22(29-30)15-7-9-17(10-8-15)24(25,26)27/h2-4,7-10,14,16,20H,5-6,11-12H2,1H3,(H,28,31). The van der Waals surface area contributed by atoms with Crippen molar-refractivity contribution >= 4 is 16.7 Å². The lowest BCUT2D eigenvalue weighted by molar-refractivity contribution is -0.137. The summed E-state index contributed by atoms with van der Waals surface area (Å²) in [4.78, 5) is 25.6. The van der Waals surface area contributed by atoms with Crippen LogP contribution in [0.25, 0.3) is 22.0 Å². The quantitative estimate of drug-likeness (QED) is 0.617. The normalized spacial score (nSPS) is 22.4. The lowest BCUT2D eigenvalue weighted by atomic mass is 9.81. The van der Waals surface area contributed by atoms with Crippen molar-refractivity contribution in [2.75, 3.05) is 5.43 Å². The molecule has 0 aliphatic heterocycles. The van der Waals surface area contributed by atoms with Gasteiger partial charge in [-0.25, -0.2) is 5.43 Å². The number of hydrogen-bond acceptors (Lipinski definition) is 3. The van der Waals surface area contributed by atoms with Crippen LogP contribution in [0.1, 0.15) is 49.7 Å². The Labute approximate surface area is 182 Å². The molecule has 2 aliphatic carbocycles. The summed E-state index contributed by atoms with van der Waals surface area (Å²) in [7, 11) is 0. The molecule has 3 unspecified atom stereocenters. The van der Waals surface area contributed by atoms with E-state index in [-0.39, 0.29) is 0 Å². The van der Waals surface area contributed by atoms with E-state index < -0.39 is 23.2 Å². The van der Waals surface area contributed by atoms with Crippen molar-refractivity contribution in [2.45, 2.75) is 44.7 Å². The zero-order valence-corrected chi connectivity index (χ0v) is 17.4. The van der Waals surface area contributed by atoms with Gasteiger partial charge in [0.2, 0.25) is 5.91 Å². The summed E-state index contributed by atoms with van der Waals surface area (Å²) in [6.45, 7) is 1.27. The first kappa shape index (κ1) is 20.7. The Morgan fingerprint density at radius 3 is 2.44 bits per heavy atom. The van der Waals surface area contributed by atoms with Gasteiger partial charge in [0, 0.05) is 17.9 Å². The molecule has 1 amide bonds. The minimum atomic E-state index is -4.45. The molecule has 0 spiro atoms. The third kappa shape index (κ3) is 3.47. The Bertz CT molecular complexity index is 1260. The Morgan fingerprint density at radius 2 is 1.84 bits per heavy atom. The second-order valence-corrected chi connectivity index (χ2v) is 8.86. The molecule has 3 aromatic rings. The molecule has 3 atom stereocenters. The molecule has 1 aromatic heterocycles. The van der Waals surface area contributed by atoms with E-state index in [1.807, 2.05) is 12.1 Å². The summed E-state index contributed by atoms with van der Waals surface area (Å²) in [5.41, 5.74) is 3.05. The van der Waals surface area contributed by atoms with Crippen LogP contribution in [0.2, 0.25) is 0 Å². The van der Waals surface area contributed by atoms with Crippen molar-refractivity contribution in [3.8, 4) is 11.3 Å². The van der Waals surface area contributed by atoms with Gasteiger partial charge in [0.15, 0.2) is 0 Å². The van der Waals surface area contributed by atoms with Gasteiger partial charge in [0.25, 0.3) is 5.56 Å². The third-order valence-corrected chi connectivity index (χ3v) is 6.84. The molecule has 2 saturated carbocycles. The van der Waals surface area contributed by atoms with Gasteiger partial charge in [-0.15, -0.1) is 9.89 Å². The monoisotopic (exact) mass is 441 g/mol. The SMILES string of the molecule is CC(=O)Nn1nc(-c2ccc(C(F)(F)F)cc2)c2c(C3CC4CCC3C4)cccc2c1=O. The average Bonchev–Trinajstić information content (AvgIpc) is 3.38. The Balaban J connectivity index is 1.75. The molecule has 32 heavy (non-hydrogen) atoms. The van der Waals surface area contributed by atoms with Crippen LogP contribution in [0.3, 0.4) is 0 Å². The molecule has 5 rings (SSSR count). The molecule has 1 heterocycles. The number of hydrogen-bond donors (Lipinski definition) is 1. The highest BCUT2D eigenvalue weighted by molar-refractivity contribution is 5.97. The molecule has 2 aliphatic rings. The number of carbonyl (C=O) groups is 1. The van der Waals surface area contributed by atoms with Crippen molar-refractivity contribution in [3.63, 3.8) is 0 Å². The van der Waals surface area contributed by atoms with Crippen molar-refractivity contribution in [2.24, 2.45) is 11.8 Å². The minimum Gasteiger partial charge on any atom is -0.274 e. The van der Waals surface area contributed by atoms with Crippen LogP contribution in [-0.4, -0.2) is 15.8 Å². The van der Waals surface area contributed by atoms with E-state index in [1.54, 1.807) is 6.07 Å². The summed E-state index contributed by atoms with van der Waals surface area (Å²) < 4.78 is 39.2. The molecule has 2 bridgehead atoms. The van der Waals surface area contributed by atoms with Crippen molar-refractivity contribution in [1.29, 1.82) is 0 Å². The molecule has 2 aromatic carbocycles. The second kappa shape index (κ2) is 7.46. The number of nitrogens with zero attached hydrogens (tertiary/aromatic N) is 2. The highest BCUT2D eigenvalue weighted by Gasteiger charge is 2.41. The van der Waals surface area contributed by atoms with E-state index >= 15 is 0 Å². The summed E-state index contributed by atoms with van der Waals surface area (Å²) in [5, 5.41) is 5.44. The maximum Gasteiger partial charge on any atom is 0.416 e. The summed E-state index contributed by atoms with van der Waals surface area (Å²) in [6, 6.07) is 10.3. The zero-order valence-electron chi connectivity index (χ0n) is 17.4. The van der Waals surface area contributed by atoms with Gasteiger partial charge < -0.3 is 0 Å². The number of nitrogens with one attached hydrogen (secondary N) is 1. The summed E-state index contributed by atoms with van der Waals surface area (Å²) in [5.74, 6) is 1.05. The second-order valence-electron chi connectivity index (χ2n) is 8.86. The lowest BCUT2D eigenvalue weighted by Crippen LogP contribution is -2.34. The van der Waals surface area contributed by atoms with E-state index in [0.717, 1.165) is 35.3 Å². The fraction of sp³-hybridized carbons (Fsp3) is 0.375. The van der Waals surface area contributed by atoms with Gasteiger partial charge in [-0.1, -0.05) is 30.7 Å². The van der Waals surface area contributed by atoms with Crippen LogP contribution in [0.15, 0.2) is 47.3 Å². The van der Waals surface area contributed by atoms with E-state index in [4.69, 9.17) is 0 Å². The van der Waals surface area contributed by atoms with Gasteiger partial charge in [-0.2, -0.15) is 13.2 Å². The molecular formula is C24H22F3N3O2. The molecule has 1 N–H and O–H groups in total. The molecule has 166 valence electrons. The van der Waals surface area contributed by atoms with Crippen molar-refractivity contribution in [1.82, 2.24) is 9.89 Å². The molecule has 0 radical (unpaired) electrons. The first-order valence-corrected chi connectivity index (χ1v) is 10.7. The predicted octanol–water partition coefficient (Wildman–Crippen LogP) is 5.08. The number of benzene rings is 2. The Hall–Kier alpha value is -3.16. The maximum atomic E-state index is 13.1. The Morgan fingerprint density at radius 1 is 1.09 bits per heavy atom. The maximum absolute atomic E-state index is 13.1. The fourth-order valence-electron chi connectivity index (χ4n) is 5.50. The topological polar surface area (TPSA) is 64.0 Å². The number of alkyl halides is 3. The summed E-state index contributed by atoms with van der Waals surface area (Å²) >= 11 is 0. The lowest BCUT2D eigenvalue weighted by Gasteiger charge is -2.24. The zero-order chi connectivity index (χ0) is 22.6. The van der Waals surface area contributed by atoms with Crippen molar-refractivity contribution < 1.29 is 18.0 Å². The largest absolute Gasteiger partial charge is 0.416 e.